The number of primary amides is 1. The molecule has 0 aliphatic carbocycles. The largest absolute Gasteiger partial charge is 0.365 e. The van der Waals surface area contributed by atoms with Gasteiger partial charge in [0.1, 0.15) is 17.3 Å². The molecule has 0 radical (unpaired) electrons. The Morgan fingerprint density at radius 3 is 2.79 bits per heavy atom. The first-order valence-electron chi connectivity index (χ1n) is 7.76. The predicted molar refractivity (Wildman–Crippen MR) is 89.4 cm³/mol. The summed E-state index contributed by atoms with van der Waals surface area (Å²) in [6.07, 6.45) is 2.38. The molecule has 2 aromatic heterocycles. The molecule has 3 aromatic rings. The molecule has 1 aromatic carbocycles. The molecule has 4 rings (SSSR count). The fraction of sp³-hybridized carbons (Fsp3) is 0.167. The van der Waals surface area contributed by atoms with Crippen molar-refractivity contribution < 1.29 is 9.32 Å². The van der Waals surface area contributed by atoms with Crippen LogP contribution in [0, 0.1) is 0 Å². The normalized spacial score (nSPS) is 13.6. The molecule has 0 saturated carbocycles. The Hall–Kier alpha value is -3.15. The van der Waals surface area contributed by atoms with Crippen molar-refractivity contribution in [3.05, 3.63) is 65.5 Å². The second-order valence-electron chi connectivity index (χ2n) is 5.71. The van der Waals surface area contributed by atoms with Crippen LogP contribution in [0.2, 0.25) is 0 Å². The summed E-state index contributed by atoms with van der Waals surface area (Å²) in [5, 5.41) is 4.24. The van der Waals surface area contributed by atoms with Crippen molar-refractivity contribution in [1.29, 1.82) is 0 Å². The van der Waals surface area contributed by atoms with E-state index >= 15 is 0 Å². The van der Waals surface area contributed by atoms with Gasteiger partial charge in [0.05, 0.1) is 12.1 Å². The van der Waals surface area contributed by atoms with Gasteiger partial charge in [-0.25, -0.2) is 4.98 Å². The summed E-state index contributed by atoms with van der Waals surface area (Å²) >= 11 is 0. The van der Waals surface area contributed by atoms with Crippen LogP contribution in [0.25, 0.3) is 11.3 Å². The van der Waals surface area contributed by atoms with E-state index in [0.29, 0.717) is 30.9 Å². The van der Waals surface area contributed by atoms with E-state index in [1.165, 1.54) is 0 Å². The number of carbonyl (C=O) groups excluding carboxylic acids is 1. The number of pyridine rings is 1. The Bertz CT molecular complexity index is 889. The van der Waals surface area contributed by atoms with Crippen molar-refractivity contribution >= 4 is 11.7 Å². The predicted octanol–water partition coefficient (Wildman–Crippen LogP) is 2.40. The van der Waals surface area contributed by atoms with Gasteiger partial charge in [-0.15, -0.1) is 0 Å². The first kappa shape index (κ1) is 14.4. The van der Waals surface area contributed by atoms with Crippen LogP contribution in [0.4, 0.5) is 5.82 Å². The molecular weight excluding hydrogens is 304 g/mol. The fourth-order valence-corrected chi connectivity index (χ4v) is 3.05. The molecule has 0 fully saturated rings. The van der Waals surface area contributed by atoms with Gasteiger partial charge in [0, 0.05) is 30.3 Å². The summed E-state index contributed by atoms with van der Waals surface area (Å²) in [7, 11) is 0. The van der Waals surface area contributed by atoms with E-state index in [4.69, 9.17) is 10.3 Å². The van der Waals surface area contributed by atoms with Crippen LogP contribution in [-0.2, 0) is 13.0 Å². The number of nitrogens with zero attached hydrogens (tertiary/aromatic N) is 3. The number of anilines is 1. The van der Waals surface area contributed by atoms with Crippen LogP contribution in [0.1, 0.15) is 21.7 Å². The van der Waals surface area contributed by atoms with E-state index in [9.17, 15) is 4.79 Å². The molecule has 3 heterocycles. The quantitative estimate of drug-likeness (QED) is 0.801. The summed E-state index contributed by atoms with van der Waals surface area (Å²) in [5.41, 5.74) is 8.80. The Kier molecular flexibility index (Phi) is 3.49. The van der Waals surface area contributed by atoms with Gasteiger partial charge in [-0.2, -0.15) is 0 Å². The van der Waals surface area contributed by atoms with Crippen molar-refractivity contribution in [3.63, 3.8) is 0 Å². The zero-order chi connectivity index (χ0) is 16.5. The molecule has 120 valence electrons. The highest BCUT2D eigenvalue weighted by Gasteiger charge is 2.27. The number of aromatic nitrogens is 2. The first-order chi connectivity index (χ1) is 11.7. The molecule has 2 N–H and O–H groups in total. The smallest absolute Gasteiger partial charge is 0.252 e. The summed E-state index contributed by atoms with van der Waals surface area (Å²) < 4.78 is 5.51. The molecule has 1 aliphatic rings. The van der Waals surface area contributed by atoms with Gasteiger partial charge in [-0.05, 0) is 12.1 Å². The lowest BCUT2D eigenvalue weighted by molar-refractivity contribution is 0.100. The van der Waals surface area contributed by atoms with Gasteiger partial charge in [-0.1, -0.05) is 35.5 Å². The van der Waals surface area contributed by atoms with Crippen LogP contribution >= 0.6 is 0 Å². The Morgan fingerprint density at radius 1 is 1.17 bits per heavy atom. The summed E-state index contributed by atoms with van der Waals surface area (Å²) in [6, 6.07) is 13.3. The highest BCUT2D eigenvalue weighted by atomic mass is 16.5. The highest BCUT2D eigenvalue weighted by molar-refractivity contribution is 5.97. The lowest BCUT2D eigenvalue weighted by Crippen LogP contribution is -2.32. The average Bonchev–Trinajstić information content (AvgIpc) is 3.05. The third kappa shape index (κ3) is 2.42. The van der Waals surface area contributed by atoms with E-state index in [0.717, 1.165) is 22.6 Å². The van der Waals surface area contributed by atoms with Crippen LogP contribution in [0.15, 0.2) is 53.2 Å². The minimum Gasteiger partial charge on any atom is -0.365 e. The van der Waals surface area contributed by atoms with Crippen LogP contribution in [0.3, 0.4) is 0 Å². The molecule has 0 atom stereocenters. The molecule has 0 spiro atoms. The first-order valence-corrected chi connectivity index (χ1v) is 7.76. The van der Waals surface area contributed by atoms with E-state index in [1.54, 1.807) is 18.3 Å². The Labute approximate surface area is 138 Å². The maximum atomic E-state index is 11.7. The van der Waals surface area contributed by atoms with E-state index < -0.39 is 5.91 Å². The van der Waals surface area contributed by atoms with Crippen molar-refractivity contribution in [2.75, 3.05) is 11.4 Å². The molecule has 24 heavy (non-hydrogen) atoms. The highest BCUT2D eigenvalue weighted by Crippen LogP contribution is 2.32. The zero-order valence-corrected chi connectivity index (χ0v) is 13.0. The number of nitrogens with two attached hydrogens (primary N) is 1. The number of amides is 1. The number of hydrogen-bond donors (Lipinski definition) is 1. The number of carbonyl (C=O) groups is 1. The number of hydrogen-bond acceptors (Lipinski definition) is 5. The third-order valence-corrected chi connectivity index (χ3v) is 4.23. The number of benzene rings is 1. The average molecular weight is 320 g/mol. The molecule has 0 unspecified atom stereocenters. The van der Waals surface area contributed by atoms with Crippen LogP contribution in [0.5, 0.6) is 0 Å². The molecule has 6 heteroatoms. The van der Waals surface area contributed by atoms with Gasteiger partial charge in [0.25, 0.3) is 5.91 Å². The van der Waals surface area contributed by atoms with Gasteiger partial charge in [-0.3, -0.25) is 4.79 Å². The molecule has 1 aliphatic heterocycles. The standard InChI is InChI=1S/C18H16N4O2/c19-17(23)13-7-4-9-20-18(13)22-10-8-15-14(11-22)16(21-24-15)12-5-2-1-3-6-12/h1-7,9H,8,10-11H2,(H2,19,23). The van der Waals surface area contributed by atoms with E-state index in [1.807, 2.05) is 35.2 Å². The molecule has 0 saturated heterocycles. The third-order valence-electron chi connectivity index (χ3n) is 4.23. The SMILES string of the molecule is NC(=O)c1cccnc1N1CCc2onc(-c3ccccc3)c2C1. The van der Waals surface area contributed by atoms with Gasteiger partial charge in [0.2, 0.25) is 0 Å². The topological polar surface area (TPSA) is 85.3 Å². The van der Waals surface area contributed by atoms with Crippen LogP contribution in [-0.4, -0.2) is 22.6 Å². The van der Waals surface area contributed by atoms with Crippen molar-refractivity contribution in [1.82, 2.24) is 10.1 Å². The summed E-state index contributed by atoms with van der Waals surface area (Å²) in [6.45, 7) is 1.29. The molecular formula is C18H16N4O2. The number of rotatable bonds is 3. The monoisotopic (exact) mass is 320 g/mol. The van der Waals surface area contributed by atoms with E-state index in [2.05, 4.69) is 10.1 Å². The zero-order valence-electron chi connectivity index (χ0n) is 13.0. The molecule has 6 nitrogen and oxygen atoms in total. The summed E-state index contributed by atoms with van der Waals surface area (Å²) in [4.78, 5) is 18.1. The van der Waals surface area contributed by atoms with E-state index in [-0.39, 0.29) is 0 Å². The molecule has 0 bridgehead atoms. The van der Waals surface area contributed by atoms with Crippen molar-refractivity contribution in [3.8, 4) is 11.3 Å². The van der Waals surface area contributed by atoms with Gasteiger partial charge in [0.15, 0.2) is 0 Å². The minimum atomic E-state index is -0.475. The molecule has 1 amide bonds. The van der Waals surface area contributed by atoms with Crippen molar-refractivity contribution in [2.45, 2.75) is 13.0 Å². The lowest BCUT2D eigenvalue weighted by Gasteiger charge is -2.28. The van der Waals surface area contributed by atoms with Crippen LogP contribution < -0.4 is 10.6 Å². The summed E-state index contributed by atoms with van der Waals surface area (Å²) in [5.74, 6) is 1.02. The maximum Gasteiger partial charge on any atom is 0.252 e. The minimum absolute atomic E-state index is 0.429. The maximum absolute atomic E-state index is 11.7. The number of fused-ring (bicyclic) bond motifs is 1. The second kappa shape index (κ2) is 5.81. The van der Waals surface area contributed by atoms with Crippen molar-refractivity contribution in [2.24, 2.45) is 5.73 Å². The van der Waals surface area contributed by atoms with Gasteiger partial charge < -0.3 is 15.2 Å². The lowest BCUT2D eigenvalue weighted by atomic mass is 10.0. The Balaban J connectivity index is 1.72. The van der Waals surface area contributed by atoms with Gasteiger partial charge >= 0.3 is 0 Å². The Morgan fingerprint density at radius 2 is 2.00 bits per heavy atom. The second-order valence-corrected chi connectivity index (χ2v) is 5.71. The fourth-order valence-electron chi connectivity index (χ4n) is 3.05.